The van der Waals surface area contributed by atoms with Gasteiger partial charge in [0, 0.05) is 5.75 Å². The van der Waals surface area contributed by atoms with Gasteiger partial charge in [0.2, 0.25) is 0 Å². The lowest BCUT2D eigenvalue weighted by Gasteiger charge is -1.66. The Hall–Kier alpha value is 1.08. The minimum Gasteiger partial charge on any atom is -0.0897 e. The Labute approximate surface area is 42.9 Å². The minimum atomic E-state index is 1.22. The molecule has 0 spiro atoms. The van der Waals surface area contributed by atoms with Crippen LogP contribution in [-0.4, -0.2) is 5.75 Å². The van der Waals surface area contributed by atoms with E-state index in [0.29, 0.717) is 0 Å². The van der Waals surface area contributed by atoms with Crippen LogP contribution in [0.25, 0.3) is 0 Å². The van der Waals surface area contributed by atoms with Crippen molar-refractivity contribution >= 4 is 30.1 Å². The van der Waals surface area contributed by atoms with Crippen molar-refractivity contribution in [2.24, 2.45) is 0 Å². The second-order valence-corrected chi connectivity index (χ2v) is 3.06. The van der Waals surface area contributed by atoms with Crippen molar-refractivity contribution in [3.05, 3.63) is 0 Å². The van der Waals surface area contributed by atoms with Gasteiger partial charge in [0.05, 0.1) is 0 Å². The van der Waals surface area contributed by atoms with Crippen molar-refractivity contribution in [2.75, 3.05) is 5.75 Å². The molecule has 0 saturated heterocycles. The Morgan fingerprint density at radius 2 is 2.25 bits per heavy atom. The predicted octanol–water partition coefficient (Wildman–Crippen LogP) is 2.09. The molecule has 0 aliphatic rings. The van der Waals surface area contributed by atoms with Crippen LogP contribution in [0.15, 0.2) is 0 Å². The number of halogens is 1. The summed E-state index contributed by atoms with van der Waals surface area (Å²) < 4.78 is 0. The van der Waals surface area contributed by atoms with Gasteiger partial charge in [-0.25, -0.2) is 0 Å². The third-order valence-electron chi connectivity index (χ3n) is 0.109. The zero-order chi connectivity index (χ0) is 3.41. The Balaban J connectivity index is 1.97. The molecule has 0 radical (unpaired) electrons. The van der Waals surface area contributed by atoms with E-state index in [9.17, 15) is 0 Å². The summed E-state index contributed by atoms with van der Waals surface area (Å²) in [5.74, 6) is 1.22. The molecule has 0 fully saturated rings. The maximum Gasteiger partial charge on any atom is 0.000497 e. The summed E-state index contributed by atoms with van der Waals surface area (Å²) in [5.41, 5.74) is 0. The van der Waals surface area contributed by atoms with E-state index in [1.807, 2.05) is 8.93 Å². The lowest BCUT2D eigenvalue weighted by molar-refractivity contribution is 1.54. The van der Waals surface area contributed by atoms with Gasteiger partial charge in [-0.15, -0.1) is 0 Å². The van der Waals surface area contributed by atoms with E-state index in [0.717, 1.165) is 0 Å². The summed E-state index contributed by atoms with van der Waals surface area (Å²) in [5, 5.41) is 0. The molecule has 0 saturated carbocycles. The lowest BCUT2D eigenvalue weighted by Crippen LogP contribution is -1.44. The quantitative estimate of drug-likeness (QED) is 0.567. The Morgan fingerprint density at radius 3 is 2.25 bits per heavy atom. The van der Waals surface area contributed by atoms with E-state index < -0.39 is 0 Å². The zero-order valence-electron chi connectivity index (χ0n) is 2.49. The normalized spacial score (nSPS) is 7.50. The summed E-state index contributed by atoms with van der Waals surface area (Å²) in [6.07, 6.45) is 0. The Bertz CT molecular complexity index is 8.00. The number of rotatable bonds is 1. The molecule has 0 nitrogen and oxygen atoms in total. The summed E-state index contributed by atoms with van der Waals surface area (Å²) in [6, 6.07) is 0. The van der Waals surface area contributed by atoms with E-state index in [1.54, 1.807) is 0 Å². The highest BCUT2D eigenvalue weighted by Crippen LogP contribution is 2.07. The molecule has 0 bridgehead atoms. The summed E-state index contributed by atoms with van der Waals surface area (Å²) in [6.45, 7) is 2.14. The number of hydrogen-bond acceptors (Lipinski definition) is 1. The third kappa shape index (κ3) is 3.08. The first kappa shape index (κ1) is 5.08. The largest absolute Gasteiger partial charge is 0.0897 e. The average Bonchev–Trinajstić information content (AvgIpc) is 1.37. The first-order valence-electron chi connectivity index (χ1n) is 1.15. The monoisotopic (exact) mass is 188 g/mol. The molecule has 0 heterocycles. The second-order valence-electron chi connectivity index (χ2n) is 0.398. The smallest absolute Gasteiger partial charge is 0.000497 e. The maximum atomic E-state index is 2.27. The van der Waals surface area contributed by atoms with Crippen LogP contribution >= 0.6 is 30.1 Å². The van der Waals surface area contributed by atoms with Crippen LogP contribution in [-0.2, 0) is 0 Å². The molecular weight excluding hydrogens is 183 g/mol. The van der Waals surface area contributed by atoms with Crippen LogP contribution in [0.3, 0.4) is 0 Å². The van der Waals surface area contributed by atoms with E-state index in [4.69, 9.17) is 0 Å². The van der Waals surface area contributed by atoms with Gasteiger partial charge < -0.3 is 0 Å². The maximum absolute atomic E-state index is 2.27. The zero-order valence-corrected chi connectivity index (χ0v) is 5.47. The van der Waals surface area contributed by atoms with Crippen molar-refractivity contribution in [3.63, 3.8) is 0 Å². The lowest BCUT2D eigenvalue weighted by atomic mass is 11.0. The van der Waals surface area contributed by atoms with E-state index in [1.165, 1.54) is 5.75 Å². The molecule has 0 aliphatic heterocycles. The van der Waals surface area contributed by atoms with Gasteiger partial charge in [-0.05, 0) is 21.2 Å². The predicted molar refractivity (Wildman–Crippen MR) is 32.2 cm³/mol. The summed E-state index contributed by atoms with van der Waals surface area (Å²) in [4.78, 5) is 0. The molecule has 0 N–H and O–H groups in total. The van der Waals surface area contributed by atoms with Gasteiger partial charge in [-0.3, -0.25) is 0 Å². The van der Waals surface area contributed by atoms with Gasteiger partial charge >= 0.3 is 0 Å². The highest BCUT2D eigenvalue weighted by Gasteiger charge is 1.58. The van der Waals surface area contributed by atoms with E-state index in [-0.39, 0.29) is 0 Å². The first-order chi connectivity index (χ1) is 1.91. The molecule has 0 amide bonds. The van der Waals surface area contributed by atoms with Crippen molar-refractivity contribution < 1.29 is 0 Å². The number of hydrogen-bond donors (Lipinski definition) is 0. The van der Waals surface area contributed by atoms with Crippen LogP contribution < -0.4 is 0 Å². The third-order valence-corrected chi connectivity index (χ3v) is 2.20. The fourth-order valence-corrected chi connectivity index (χ4v) is 0. The van der Waals surface area contributed by atoms with Crippen molar-refractivity contribution in [1.82, 2.24) is 0 Å². The molecule has 0 aromatic rings. The van der Waals surface area contributed by atoms with Crippen LogP contribution in [0.5, 0.6) is 0 Å². The Morgan fingerprint density at radius 1 is 2.00 bits per heavy atom. The van der Waals surface area contributed by atoms with E-state index >= 15 is 0 Å². The van der Waals surface area contributed by atoms with Gasteiger partial charge in [-0.2, -0.15) is 0 Å². The summed E-state index contributed by atoms with van der Waals surface area (Å²) in [7, 11) is 1.83. The molecule has 26 valence electrons. The fraction of sp³-hybridized carbons (Fsp3) is 1.00. The molecule has 0 aromatic carbocycles. The molecule has 0 aliphatic carbocycles. The molecule has 0 rings (SSSR count). The van der Waals surface area contributed by atoms with Gasteiger partial charge in [-0.1, -0.05) is 15.9 Å². The molecule has 0 aromatic heterocycles. The van der Waals surface area contributed by atoms with E-state index in [2.05, 4.69) is 28.1 Å². The molecular formula is C2H5IS. The van der Waals surface area contributed by atoms with Crippen molar-refractivity contribution in [2.45, 2.75) is 6.92 Å². The van der Waals surface area contributed by atoms with Crippen LogP contribution in [0, 0.1) is 0 Å². The van der Waals surface area contributed by atoms with Crippen LogP contribution in [0.4, 0.5) is 0 Å². The molecule has 0 atom stereocenters. The first-order valence-corrected chi connectivity index (χ1v) is 4.68. The summed E-state index contributed by atoms with van der Waals surface area (Å²) >= 11 is 2.27. The molecule has 0 unspecified atom stereocenters. The highest BCUT2D eigenvalue weighted by molar-refractivity contribution is 14.2. The van der Waals surface area contributed by atoms with Crippen LogP contribution in [0.1, 0.15) is 6.92 Å². The molecule has 2 heteroatoms. The van der Waals surface area contributed by atoms with Gasteiger partial charge in [0.25, 0.3) is 0 Å². The second kappa shape index (κ2) is 4.08. The van der Waals surface area contributed by atoms with Gasteiger partial charge in [0.15, 0.2) is 0 Å². The average molecular weight is 188 g/mol. The van der Waals surface area contributed by atoms with Gasteiger partial charge in [0.1, 0.15) is 0 Å². The van der Waals surface area contributed by atoms with Crippen molar-refractivity contribution in [3.8, 4) is 0 Å². The topological polar surface area (TPSA) is 0 Å². The van der Waals surface area contributed by atoms with Crippen LogP contribution in [0.2, 0.25) is 0 Å². The molecule has 4 heavy (non-hydrogen) atoms. The minimum absolute atomic E-state index is 1.22. The fourth-order valence-electron chi connectivity index (χ4n) is 0. The highest BCUT2D eigenvalue weighted by atomic mass is 127. The Kier molecular flexibility index (Phi) is 5.18. The standard InChI is InChI=1S/C2H5IS/c1-2-4-3/h2H2,1H3. The SMILES string of the molecule is CCSI. The van der Waals surface area contributed by atoms with Crippen molar-refractivity contribution in [1.29, 1.82) is 0 Å².